The van der Waals surface area contributed by atoms with E-state index in [0.29, 0.717) is 11.2 Å². The fourth-order valence-electron chi connectivity index (χ4n) is 0.771. The summed E-state index contributed by atoms with van der Waals surface area (Å²) in [5.74, 6) is 5.13. The maximum absolute atomic E-state index is 11.0. The van der Waals surface area contributed by atoms with Crippen molar-refractivity contribution in [2.75, 3.05) is 5.84 Å². The molecular formula is C6H9N3O2. The molecule has 0 aromatic carbocycles. The van der Waals surface area contributed by atoms with Crippen LogP contribution in [0.1, 0.15) is 6.92 Å². The third-order valence-corrected chi connectivity index (χ3v) is 1.43. The van der Waals surface area contributed by atoms with E-state index in [9.17, 15) is 9.59 Å². The van der Waals surface area contributed by atoms with Crippen molar-refractivity contribution in [2.45, 2.75) is 13.5 Å². The quantitative estimate of drug-likeness (QED) is 0.515. The monoisotopic (exact) mass is 155 g/mol. The number of hydrogen-bond donors (Lipinski definition) is 1. The minimum absolute atomic E-state index is 0.486. The van der Waals surface area contributed by atoms with Crippen LogP contribution in [0.5, 0.6) is 0 Å². The molecule has 0 aliphatic rings. The van der Waals surface area contributed by atoms with Crippen LogP contribution in [0.25, 0.3) is 0 Å². The van der Waals surface area contributed by atoms with Gasteiger partial charge in [-0.2, -0.15) is 4.68 Å². The number of aromatic nitrogens is 2. The van der Waals surface area contributed by atoms with Gasteiger partial charge in [0.05, 0.1) is 0 Å². The van der Waals surface area contributed by atoms with E-state index in [0.717, 1.165) is 0 Å². The molecule has 0 bridgehead atoms. The molecule has 2 N–H and O–H groups in total. The van der Waals surface area contributed by atoms with Crippen molar-refractivity contribution in [3.05, 3.63) is 33.1 Å². The van der Waals surface area contributed by atoms with Gasteiger partial charge in [-0.1, -0.05) is 0 Å². The zero-order chi connectivity index (χ0) is 8.43. The Morgan fingerprint density at radius 1 is 1.55 bits per heavy atom. The molecular weight excluding hydrogens is 146 g/mol. The normalized spacial score (nSPS) is 9.91. The van der Waals surface area contributed by atoms with Gasteiger partial charge in [0.25, 0.3) is 5.56 Å². The lowest BCUT2D eigenvalue weighted by molar-refractivity contribution is 0.648. The van der Waals surface area contributed by atoms with Crippen molar-refractivity contribution < 1.29 is 0 Å². The summed E-state index contributed by atoms with van der Waals surface area (Å²) in [4.78, 5) is 21.8. The number of nitrogens with two attached hydrogens (primary N) is 1. The number of nitrogens with zero attached hydrogens (tertiary/aromatic N) is 2. The fourth-order valence-corrected chi connectivity index (χ4v) is 0.771. The number of hydrogen-bond acceptors (Lipinski definition) is 3. The SMILES string of the molecule is CCn1ccc(=O)n(N)c1=O. The van der Waals surface area contributed by atoms with Crippen LogP contribution in [0.3, 0.4) is 0 Å². The summed E-state index contributed by atoms with van der Waals surface area (Å²) in [6.07, 6.45) is 1.42. The molecule has 1 aromatic rings. The van der Waals surface area contributed by atoms with E-state index < -0.39 is 11.2 Å². The molecule has 60 valence electrons. The topological polar surface area (TPSA) is 70.0 Å². The fraction of sp³-hybridized carbons (Fsp3) is 0.333. The summed E-state index contributed by atoms with van der Waals surface area (Å²) in [6.45, 7) is 2.31. The van der Waals surface area contributed by atoms with Gasteiger partial charge >= 0.3 is 5.69 Å². The Balaban J connectivity index is 3.50. The third-order valence-electron chi connectivity index (χ3n) is 1.43. The summed E-state index contributed by atoms with van der Waals surface area (Å²) in [5.41, 5.74) is -0.972. The predicted octanol–water partition coefficient (Wildman–Crippen LogP) is -1.26. The molecule has 1 aromatic heterocycles. The van der Waals surface area contributed by atoms with Crippen molar-refractivity contribution in [1.82, 2.24) is 9.24 Å². The zero-order valence-corrected chi connectivity index (χ0v) is 6.15. The van der Waals surface area contributed by atoms with E-state index in [1.807, 2.05) is 0 Å². The molecule has 1 rings (SSSR count). The highest BCUT2D eigenvalue weighted by atomic mass is 16.2. The molecule has 0 unspecified atom stereocenters. The Hall–Kier alpha value is -1.52. The van der Waals surface area contributed by atoms with Gasteiger partial charge in [0.15, 0.2) is 0 Å². The van der Waals surface area contributed by atoms with E-state index in [1.54, 1.807) is 6.92 Å². The lowest BCUT2D eigenvalue weighted by Gasteiger charge is -2.01. The summed E-state index contributed by atoms with van der Waals surface area (Å²) >= 11 is 0. The van der Waals surface area contributed by atoms with Gasteiger partial charge in [-0.15, -0.1) is 0 Å². The maximum atomic E-state index is 11.0. The van der Waals surface area contributed by atoms with E-state index >= 15 is 0 Å². The van der Waals surface area contributed by atoms with E-state index in [2.05, 4.69) is 0 Å². The van der Waals surface area contributed by atoms with Crippen molar-refractivity contribution in [3.63, 3.8) is 0 Å². The van der Waals surface area contributed by atoms with Crippen LogP contribution >= 0.6 is 0 Å². The van der Waals surface area contributed by atoms with Crippen LogP contribution in [0.2, 0.25) is 0 Å². The second kappa shape index (κ2) is 2.61. The molecule has 0 aliphatic carbocycles. The zero-order valence-electron chi connectivity index (χ0n) is 6.15. The maximum Gasteiger partial charge on any atom is 0.349 e. The molecule has 0 aliphatic heterocycles. The highest BCUT2D eigenvalue weighted by Crippen LogP contribution is 1.72. The molecule has 11 heavy (non-hydrogen) atoms. The number of aryl methyl sites for hydroxylation is 1. The Labute approximate surface area is 62.7 Å². The molecule has 0 spiro atoms. The molecule has 1 heterocycles. The molecule has 5 heteroatoms. The van der Waals surface area contributed by atoms with Gasteiger partial charge in [-0.3, -0.25) is 9.36 Å². The second-order valence-electron chi connectivity index (χ2n) is 2.09. The van der Waals surface area contributed by atoms with Gasteiger partial charge in [-0.25, -0.2) is 4.79 Å². The largest absolute Gasteiger partial charge is 0.349 e. The Morgan fingerprint density at radius 3 is 2.73 bits per heavy atom. The van der Waals surface area contributed by atoms with Crippen molar-refractivity contribution in [2.24, 2.45) is 0 Å². The number of rotatable bonds is 1. The van der Waals surface area contributed by atoms with Crippen molar-refractivity contribution in [1.29, 1.82) is 0 Å². The van der Waals surface area contributed by atoms with Crippen molar-refractivity contribution >= 4 is 0 Å². The first kappa shape index (κ1) is 7.59. The van der Waals surface area contributed by atoms with Gasteiger partial charge in [0, 0.05) is 18.8 Å². The Morgan fingerprint density at radius 2 is 2.18 bits per heavy atom. The summed E-state index contributed by atoms with van der Waals surface area (Å²) in [5, 5.41) is 0. The second-order valence-corrected chi connectivity index (χ2v) is 2.09. The summed E-state index contributed by atoms with van der Waals surface area (Å²) in [6, 6.07) is 1.25. The minimum Gasteiger partial charge on any atom is -0.332 e. The first-order valence-electron chi connectivity index (χ1n) is 3.24. The minimum atomic E-state index is -0.486. The first-order valence-corrected chi connectivity index (χ1v) is 3.24. The Bertz CT molecular complexity index is 363. The molecule has 0 saturated heterocycles. The summed E-state index contributed by atoms with van der Waals surface area (Å²) < 4.78 is 1.94. The van der Waals surface area contributed by atoms with Crippen LogP contribution in [-0.2, 0) is 6.54 Å². The van der Waals surface area contributed by atoms with Gasteiger partial charge < -0.3 is 5.84 Å². The van der Waals surface area contributed by atoms with Gasteiger partial charge in [-0.05, 0) is 6.92 Å². The number of nitrogen functional groups attached to an aromatic ring is 1. The highest BCUT2D eigenvalue weighted by Gasteiger charge is 1.97. The predicted molar refractivity (Wildman–Crippen MR) is 40.8 cm³/mol. The van der Waals surface area contributed by atoms with E-state index in [1.165, 1.54) is 16.8 Å². The van der Waals surface area contributed by atoms with Crippen molar-refractivity contribution in [3.8, 4) is 0 Å². The smallest absolute Gasteiger partial charge is 0.332 e. The molecule has 0 atom stereocenters. The molecule has 0 saturated carbocycles. The molecule has 0 amide bonds. The first-order chi connectivity index (χ1) is 5.16. The lowest BCUT2D eigenvalue weighted by Crippen LogP contribution is -2.43. The Kier molecular flexibility index (Phi) is 1.80. The van der Waals surface area contributed by atoms with Crippen LogP contribution in [-0.4, -0.2) is 9.24 Å². The highest BCUT2D eigenvalue weighted by molar-refractivity contribution is 4.85. The van der Waals surface area contributed by atoms with E-state index in [4.69, 9.17) is 5.84 Å². The lowest BCUT2D eigenvalue weighted by atomic mass is 10.6. The van der Waals surface area contributed by atoms with Gasteiger partial charge in [0.1, 0.15) is 0 Å². The molecule has 0 radical (unpaired) electrons. The van der Waals surface area contributed by atoms with Crippen LogP contribution in [0, 0.1) is 0 Å². The van der Waals surface area contributed by atoms with Crippen LogP contribution in [0.15, 0.2) is 21.9 Å². The third kappa shape index (κ3) is 1.17. The standard InChI is InChI=1S/C6H9N3O2/c1-2-8-4-3-5(10)9(7)6(8)11/h3-4H,2,7H2,1H3. The molecule has 5 nitrogen and oxygen atoms in total. The molecule has 0 fully saturated rings. The van der Waals surface area contributed by atoms with E-state index in [-0.39, 0.29) is 0 Å². The average Bonchev–Trinajstić information content (AvgIpc) is 2.01. The summed E-state index contributed by atoms with van der Waals surface area (Å²) in [7, 11) is 0. The van der Waals surface area contributed by atoms with Gasteiger partial charge in [0.2, 0.25) is 0 Å². The van der Waals surface area contributed by atoms with Crippen LogP contribution < -0.4 is 17.1 Å². The average molecular weight is 155 g/mol. The van der Waals surface area contributed by atoms with Crippen LogP contribution in [0.4, 0.5) is 0 Å².